The Bertz CT molecular complexity index is 308. The predicted molar refractivity (Wildman–Crippen MR) is 59.2 cm³/mol. The topological polar surface area (TPSA) is 72.5 Å². The van der Waals surface area contributed by atoms with Crippen LogP contribution >= 0.6 is 36.6 Å². The summed E-state index contributed by atoms with van der Waals surface area (Å²) in [6.07, 6.45) is -0.860. The Hall–Kier alpha value is -0.0300. The summed E-state index contributed by atoms with van der Waals surface area (Å²) in [5.74, 6) is 0. The average molecular weight is 301 g/mol. The highest BCUT2D eigenvalue weighted by Crippen LogP contribution is 2.25. The standard InChI is InChI=1S/C7H7BrNO3P.ClH/c8-6-3-1-5(2-4-6)7(9)12-13(10)11;/h1-4,7H,9H2;1H/p+1. The largest absolute Gasteiger partial charge is 0.696 e. The third-order valence-electron chi connectivity index (χ3n) is 1.40. The molecule has 0 bridgehead atoms. The van der Waals surface area contributed by atoms with E-state index < -0.39 is 14.5 Å². The van der Waals surface area contributed by atoms with E-state index in [1.54, 1.807) is 24.3 Å². The highest BCUT2D eigenvalue weighted by atomic mass is 79.9. The molecule has 0 spiro atoms. The predicted octanol–water partition coefficient (Wildman–Crippen LogP) is 2.49. The number of rotatable bonds is 3. The molecule has 0 amide bonds. The lowest BCUT2D eigenvalue weighted by atomic mass is 10.2. The molecule has 2 atom stereocenters. The molecular formula is C7H9BrClNO3P+. The Morgan fingerprint density at radius 2 is 1.93 bits per heavy atom. The van der Waals surface area contributed by atoms with Crippen LogP contribution in [0, 0.1) is 0 Å². The van der Waals surface area contributed by atoms with Gasteiger partial charge in [-0.1, -0.05) is 32.6 Å². The molecule has 7 heteroatoms. The van der Waals surface area contributed by atoms with Crippen LogP contribution in [0.5, 0.6) is 0 Å². The number of benzene rings is 1. The summed E-state index contributed by atoms with van der Waals surface area (Å²) in [6.45, 7) is 0. The highest BCUT2D eigenvalue weighted by Gasteiger charge is 2.20. The minimum absolute atomic E-state index is 0. The molecule has 1 aromatic rings. The van der Waals surface area contributed by atoms with Crippen molar-refractivity contribution < 1.29 is 14.0 Å². The SMILES string of the molecule is Cl.NC(O[P+](=O)O)c1ccc(Br)cc1. The molecule has 3 N–H and O–H groups in total. The number of hydrogen-bond acceptors (Lipinski definition) is 3. The fourth-order valence-corrected chi connectivity index (χ4v) is 1.39. The summed E-state index contributed by atoms with van der Waals surface area (Å²) in [5, 5.41) is 0. The zero-order valence-electron chi connectivity index (χ0n) is 6.96. The van der Waals surface area contributed by atoms with Gasteiger partial charge in [-0.25, -0.2) is 0 Å². The quantitative estimate of drug-likeness (QED) is 0.664. The molecule has 1 rings (SSSR count). The third kappa shape index (κ3) is 4.46. The van der Waals surface area contributed by atoms with Gasteiger partial charge in [0.2, 0.25) is 0 Å². The van der Waals surface area contributed by atoms with Crippen LogP contribution in [0.4, 0.5) is 0 Å². The van der Waals surface area contributed by atoms with E-state index in [4.69, 9.17) is 10.6 Å². The van der Waals surface area contributed by atoms with Gasteiger partial charge in [-0.3, -0.25) is 5.73 Å². The average Bonchev–Trinajstić information content (AvgIpc) is 2.04. The van der Waals surface area contributed by atoms with Crippen molar-refractivity contribution in [2.45, 2.75) is 6.23 Å². The molecule has 2 unspecified atom stereocenters. The molecular weight excluding hydrogens is 292 g/mol. The van der Waals surface area contributed by atoms with E-state index in [-0.39, 0.29) is 12.4 Å². The summed E-state index contributed by atoms with van der Waals surface area (Å²) < 4.78 is 15.7. The molecule has 78 valence electrons. The van der Waals surface area contributed by atoms with E-state index in [1.165, 1.54) is 0 Å². The van der Waals surface area contributed by atoms with E-state index >= 15 is 0 Å². The lowest BCUT2D eigenvalue weighted by molar-refractivity contribution is 0.198. The van der Waals surface area contributed by atoms with Gasteiger partial charge in [0.05, 0.1) is 0 Å². The van der Waals surface area contributed by atoms with E-state index in [0.29, 0.717) is 5.56 Å². The Balaban J connectivity index is 0.00000169. The fourth-order valence-electron chi connectivity index (χ4n) is 0.810. The van der Waals surface area contributed by atoms with Gasteiger partial charge in [-0.15, -0.1) is 17.3 Å². The van der Waals surface area contributed by atoms with Gasteiger partial charge in [-0.2, -0.15) is 0 Å². The maximum Gasteiger partial charge on any atom is 0.696 e. The normalized spacial score (nSPS) is 12.9. The maximum atomic E-state index is 10.3. The Morgan fingerprint density at radius 3 is 2.36 bits per heavy atom. The van der Waals surface area contributed by atoms with Crippen molar-refractivity contribution in [3.63, 3.8) is 0 Å². The second-order valence-electron chi connectivity index (χ2n) is 2.32. The van der Waals surface area contributed by atoms with Crippen LogP contribution in [0.3, 0.4) is 0 Å². The van der Waals surface area contributed by atoms with Crippen LogP contribution in [0.1, 0.15) is 11.8 Å². The van der Waals surface area contributed by atoms with Gasteiger partial charge in [0.1, 0.15) is 0 Å². The minimum Gasteiger partial charge on any atom is -0.298 e. The summed E-state index contributed by atoms with van der Waals surface area (Å²) in [5.41, 5.74) is 6.12. The van der Waals surface area contributed by atoms with Gasteiger partial charge in [0.25, 0.3) is 0 Å². The summed E-state index contributed by atoms with van der Waals surface area (Å²) >= 11 is 3.26. The lowest BCUT2D eigenvalue weighted by Gasteiger charge is -2.03. The first kappa shape index (κ1) is 14.0. The Morgan fingerprint density at radius 1 is 1.43 bits per heavy atom. The van der Waals surface area contributed by atoms with Gasteiger partial charge in [0, 0.05) is 14.6 Å². The molecule has 0 heterocycles. The molecule has 0 radical (unpaired) electrons. The van der Waals surface area contributed by atoms with Crippen LogP contribution < -0.4 is 5.73 Å². The second-order valence-corrected chi connectivity index (χ2v) is 3.92. The Labute approximate surface area is 96.9 Å². The highest BCUT2D eigenvalue weighted by molar-refractivity contribution is 9.10. The number of halogens is 2. The minimum atomic E-state index is -2.66. The first-order valence-corrected chi connectivity index (χ1v) is 5.36. The molecule has 0 aliphatic heterocycles. The van der Waals surface area contributed by atoms with Crippen LogP contribution in [-0.2, 0) is 9.09 Å². The van der Waals surface area contributed by atoms with Crippen LogP contribution in [0.25, 0.3) is 0 Å². The van der Waals surface area contributed by atoms with Gasteiger partial charge in [-0.05, 0) is 12.1 Å². The molecule has 0 fully saturated rings. The first-order chi connectivity index (χ1) is 6.09. The van der Waals surface area contributed by atoms with E-state index in [2.05, 4.69) is 20.5 Å². The second kappa shape index (κ2) is 6.45. The third-order valence-corrected chi connectivity index (χ3v) is 2.34. The van der Waals surface area contributed by atoms with Crippen molar-refractivity contribution in [3.05, 3.63) is 34.3 Å². The van der Waals surface area contributed by atoms with E-state index in [9.17, 15) is 4.57 Å². The van der Waals surface area contributed by atoms with Crippen molar-refractivity contribution in [1.29, 1.82) is 0 Å². The van der Waals surface area contributed by atoms with Crippen molar-refractivity contribution in [2.24, 2.45) is 5.73 Å². The monoisotopic (exact) mass is 300 g/mol. The lowest BCUT2D eigenvalue weighted by Crippen LogP contribution is -2.10. The maximum absolute atomic E-state index is 10.3. The molecule has 0 saturated carbocycles. The van der Waals surface area contributed by atoms with Gasteiger partial charge >= 0.3 is 8.25 Å². The van der Waals surface area contributed by atoms with Crippen molar-refractivity contribution in [1.82, 2.24) is 0 Å². The fraction of sp³-hybridized carbons (Fsp3) is 0.143. The van der Waals surface area contributed by atoms with Crippen molar-refractivity contribution >= 4 is 36.6 Å². The zero-order chi connectivity index (χ0) is 9.84. The summed E-state index contributed by atoms with van der Waals surface area (Å²) in [6, 6.07) is 6.99. The Kier molecular flexibility index (Phi) is 6.44. The molecule has 0 aliphatic carbocycles. The van der Waals surface area contributed by atoms with E-state index in [0.717, 1.165) is 4.47 Å². The van der Waals surface area contributed by atoms with Crippen LogP contribution in [0.15, 0.2) is 28.7 Å². The summed E-state index contributed by atoms with van der Waals surface area (Å²) in [4.78, 5) is 8.44. The summed E-state index contributed by atoms with van der Waals surface area (Å²) in [7, 11) is -2.66. The van der Waals surface area contributed by atoms with Crippen LogP contribution in [0.2, 0.25) is 0 Å². The molecule has 14 heavy (non-hydrogen) atoms. The van der Waals surface area contributed by atoms with Crippen molar-refractivity contribution in [3.8, 4) is 0 Å². The van der Waals surface area contributed by atoms with Gasteiger partial charge in [0.15, 0.2) is 6.23 Å². The number of nitrogens with two attached hydrogens (primary N) is 1. The molecule has 0 saturated heterocycles. The first-order valence-electron chi connectivity index (χ1n) is 3.43. The smallest absolute Gasteiger partial charge is 0.298 e. The van der Waals surface area contributed by atoms with Gasteiger partial charge < -0.3 is 0 Å². The molecule has 0 aromatic heterocycles. The van der Waals surface area contributed by atoms with E-state index in [1.807, 2.05) is 0 Å². The van der Waals surface area contributed by atoms with Crippen molar-refractivity contribution in [2.75, 3.05) is 0 Å². The number of hydrogen-bond donors (Lipinski definition) is 2. The molecule has 1 aromatic carbocycles. The molecule has 4 nitrogen and oxygen atoms in total. The van der Waals surface area contributed by atoms with Crippen LogP contribution in [-0.4, -0.2) is 4.89 Å². The zero-order valence-corrected chi connectivity index (χ0v) is 10.3. The molecule has 0 aliphatic rings.